The maximum absolute atomic E-state index is 12.5. The molecule has 1 aliphatic carbocycles. The van der Waals surface area contributed by atoms with Gasteiger partial charge in [-0.05, 0) is 37.0 Å². The van der Waals surface area contributed by atoms with E-state index in [0.717, 1.165) is 32.1 Å². The number of nitrogens with one attached hydrogen (secondary N) is 1. The molecule has 20 heavy (non-hydrogen) atoms. The quantitative estimate of drug-likeness (QED) is 0.694. The van der Waals surface area contributed by atoms with Crippen LogP contribution in [0.1, 0.15) is 47.0 Å². The average molecular weight is 282 g/mol. The van der Waals surface area contributed by atoms with Crippen LogP contribution >= 0.6 is 0 Å². The molecule has 1 heterocycles. The van der Waals surface area contributed by atoms with Crippen LogP contribution in [0.3, 0.4) is 0 Å². The minimum atomic E-state index is -0.0187. The van der Waals surface area contributed by atoms with Crippen LogP contribution in [0.2, 0.25) is 0 Å². The highest BCUT2D eigenvalue weighted by Gasteiger charge is 2.40. The molecule has 2 unspecified atom stereocenters. The van der Waals surface area contributed by atoms with Crippen molar-refractivity contribution in [3.63, 3.8) is 0 Å². The van der Waals surface area contributed by atoms with Gasteiger partial charge >= 0.3 is 0 Å². The third kappa shape index (κ3) is 3.95. The summed E-state index contributed by atoms with van der Waals surface area (Å²) in [5.74, 6) is 1.87. The van der Waals surface area contributed by atoms with Crippen LogP contribution in [-0.2, 0) is 9.53 Å². The molecule has 2 rings (SSSR count). The largest absolute Gasteiger partial charge is 0.381 e. The van der Waals surface area contributed by atoms with Gasteiger partial charge in [-0.25, -0.2) is 0 Å². The van der Waals surface area contributed by atoms with E-state index in [2.05, 4.69) is 33.0 Å². The lowest BCUT2D eigenvalue weighted by Gasteiger charge is -2.27. The molecular formula is C16H30N2O2. The second kappa shape index (κ2) is 6.90. The summed E-state index contributed by atoms with van der Waals surface area (Å²) in [5.41, 5.74) is 0. The zero-order chi connectivity index (χ0) is 14.7. The van der Waals surface area contributed by atoms with E-state index >= 15 is 0 Å². The molecule has 0 bridgehead atoms. The van der Waals surface area contributed by atoms with Crippen LogP contribution < -0.4 is 5.32 Å². The van der Waals surface area contributed by atoms with E-state index in [4.69, 9.17) is 4.74 Å². The molecule has 1 N–H and O–H groups in total. The van der Waals surface area contributed by atoms with Crippen LogP contribution in [0.4, 0.5) is 0 Å². The molecule has 2 atom stereocenters. The summed E-state index contributed by atoms with van der Waals surface area (Å²) in [6.07, 6.45) is 3.78. The molecule has 1 saturated heterocycles. The zero-order valence-corrected chi connectivity index (χ0v) is 13.4. The second-order valence-corrected chi connectivity index (χ2v) is 6.98. The van der Waals surface area contributed by atoms with Gasteiger partial charge in [0.1, 0.15) is 0 Å². The third-order valence-corrected chi connectivity index (χ3v) is 4.27. The lowest BCUT2D eigenvalue weighted by molar-refractivity contribution is -0.131. The number of carbonyl (C=O) groups excluding carboxylic acids is 1. The van der Waals surface area contributed by atoms with Gasteiger partial charge in [0.2, 0.25) is 5.91 Å². The van der Waals surface area contributed by atoms with Gasteiger partial charge in [0.15, 0.2) is 0 Å². The van der Waals surface area contributed by atoms with Gasteiger partial charge in [-0.1, -0.05) is 27.7 Å². The van der Waals surface area contributed by atoms with E-state index in [1.54, 1.807) is 0 Å². The lowest BCUT2D eigenvalue weighted by Crippen LogP contribution is -2.42. The van der Waals surface area contributed by atoms with Crippen molar-refractivity contribution < 1.29 is 9.53 Å². The SMILES string of the molecule is CC(C)C1NC(C(C)C)N(CCCOCC2CC2)C1=O. The summed E-state index contributed by atoms with van der Waals surface area (Å²) in [4.78, 5) is 14.5. The Labute approximate surface area is 123 Å². The van der Waals surface area contributed by atoms with E-state index in [1.165, 1.54) is 12.8 Å². The van der Waals surface area contributed by atoms with Crippen LogP contribution in [0.25, 0.3) is 0 Å². The molecule has 0 aromatic rings. The highest BCUT2D eigenvalue weighted by atomic mass is 16.5. The molecule has 0 radical (unpaired) electrons. The van der Waals surface area contributed by atoms with Crippen molar-refractivity contribution in [2.24, 2.45) is 17.8 Å². The van der Waals surface area contributed by atoms with Crippen LogP contribution in [0.15, 0.2) is 0 Å². The fourth-order valence-corrected chi connectivity index (χ4v) is 2.81. The summed E-state index contributed by atoms with van der Waals surface area (Å²) < 4.78 is 5.66. The highest BCUT2D eigenvalue weighted by molar-refractivity contribution is 5.84. The zero-order valence-electron chi connectivity index (χ0n) is 13.4. The molecule has 1 aliphatic heterocycles. The minimum absolute atomic E-state index is 0.0187. The Hall–Kier alpha value is -0.610. The number of nitrogens with zero attached hydrogens (tertiary/aromatic N) is 1. The van der Waals surface area contributed by atoms with Gasteiger partial charge in [-0.3, -0.25) is 10.1 Å². The molecule has 4 nitrogen and oxygen atoms in total. The monoisotopic (exact) mass is 282 g/mol. The number of ether oxygens (including phenoxy) is 1. The Kier molecular flexibility index (Phi) is 5.44. The van der Waals surface area contributed by atoms with Crippen LogP contribution in [0, 0.1) is 17.8 Å². The molecule has 2 fully saturated rings. The molecule has 116 valence electrons. The topological polar surface area (TPSA) is 41.6 Å². The predicted molar refractivity (Wildman–Crippen MR) is 80.3 cm³/mol. The number of amides is 1. The Balaban J connectivity index is 1.77. The van der Waals surface area contributed by atoms with E-state index in [1.807, 2.05) is 4.90 Å². The minimum Gasteiger partial charge on any atom is -0.381 e. The van der Waals surface area contributed by atoms with Gasteiger partial charge < -0.3 is 9.64 Å². The van der Waals surface area contributed by atoms with Crippen molar-refractivity contribution in [3.05, 3.63) is 0 Å². The van der Waals surface area contributed by atoms with E-state index in [0.29, 0.717) is 11.8 Å². The molecular weight excluding hydrogens is 252 g/mol. The smallest absolute Gasteiger partial charge is 0.241 e. The van der Waals surface area contributed by atoms with Crippen molar-refractivity contribution in [3.8, 4) is 0 Å². The first-order valence-corrected chi connectivity index (χ1v) is 8.15. The maximum Gasteiger partial charge on any atom is 0.241 e. The van der Waals surface area contributed by atoms with Gasteiger partial charge in [0.05, 0.1) is 12.2 Å². The Morgan fingerprint density at radius 3 is 2.50 bits per heavy atom. The van der Waals surface area contributed by atoms with Crippen molar-refractivity contribution >= 4 is 5.91 Å². The first-order valence-electron chi connectivity index (χ1n) is 8.15. The van der Waals surface area contributed by atoms with Crippen molar-refractivity contribution in [2.75, 3.05) is 19.8 Å². The average Bonchev–Trinajstić information content (AvgIpc) is 3.13. The Bertz CT molecular complexity index is 326. The first-order chi connectivity index (χ1) is 9.50. The third-order valence-electron chi connectivity index (χ3n) is 4.27. The molecule has 4 heteroatoms. The Morgan fingerprint density at radius 2 is 1.95 bits per heavy atom. The maximum atomic E-state index is 12.5. The lowest BCUT2D eigenvalue weighted by atomic mass is 10.0. The Morgan fingerprint density at radius 1 is 1.25 bits per heavy atom. The molecule has 0 spiro atoms. The van der Waals surface area contributed by atoms with E-state index in [-0.39, 0.29) is 18.1 Å². The summed E-state index contributed by atoms with van der Waals surface area (Å²) in [6.45, 7) is 11.0. The van der Waals surface area contributed by atoms with Gasteiger partial charge in [-0.2, -0.15) is 0 Å². The summed E-state index contributed by atoms with van der Waals surface area (Å²) in [5, 5.41) is 3.49. The van der Waals surface area contributed by atoms with Crippen molar-refractivity contribution in [1.29, 1.82) is 0 Å². The predicted octanol–water partition coefficient (Wildman–Crippen LogP) is 2.24. The summed E-state index contributed by atoms with van der Waals surface area (Å²) >= 11 is 0. The molecule has 1 amide bonds. The number of carbonyl (C=O) groups is 1. The van der Waals surface area contributed by atoms with Crippen molar-refractivity contribution in [1.82, 2.24) is 10.2 Å². The van der Waals surface area contributed by atoms with Crippen LogP contribution in [0.5, 0.6) is 0 Å². The summed E-state index contributed by atoms with van der Waals surface area (Å²) in [6, 6.07) is -0.0187. The standard InChI is InChI=1S/C16H30N2O2/c1-11(2)14-16(19)18(15(17-14)12(3)4)8-5-9-20-10-13-6-7-13/h11-15,17H,5-10H2,1-4H3. The number of hydrogen-bond acceptors (Lipinski definition) is 3. The highest BCUT2D eigenvalue weighted by Crippen LogP contribution is 2.28. The van der Waals surface area contributed by atoms with Crippen molar-refractivity contribution in [2.45, 2.75) is 59.2 Å². The first kappa shape index (κ1) is 15.8. The normalized spacial score (nSPS) is 27.1. The molecule has 0 aromatic heterocycles. The van der Waals surface area contributed by atoms with Crippen LogP contribution in [-0.4, -0.2) is 42.8 Å². The molecule has 0 aromatic carbocycles. The van der Waals surface area contributed by atoms with E-state index < -0.39 is 0 Å². The fourth-order valence-electron chi connectivity index (χ4n) is 2.81. The summed E-state index contributed by atoms with van der Waals surface area (Å²) in [7, 11) is 0. The number of hydrogen-bond donors (Lipinski definition) is 1. The molecule has 1 saturated carbocycles. The fraction of sp³-hybridized carbons (Fsp3) is 0.938. The second-order valence-electron chi connectivity index (χ2n) is 6.98. The van der Waals surface area contributed by atoms with Gasteiger partial charge in [0, 0.05) is 19.8 Å². The van der Waals surface area contributed by atoms with Gasteiger partial charge in [0.25, 0.3) is 0 Å². The number of rotatable bonds is 8. The van der Waals surface area contributed by atoms with E-state index in [9.17, 15) is 4.79 Å². The van der Waals surface area contributed by atoms with Gasteiger partial charge in [-0.15, -0.1) is 0 Å². The molecule has 2 aliphatic rings.